The molecule has 0 aliphatic heterocycles. The minimum absolute atomic E-state index is 0.125. The van der Waals surface area contributed by atoms with E-state index in [-0.39, 0.29) is 11.8 Å². The van der Waals surface area contributed by atoms with Crippen molar-refractivity contribution in [1.29, 1.82) is 0 Å². The molecule has 126 valence electrons. The van der Waals surface area contributed by atoms with Gasteiger partial charge in [0, 0.05) is 17.7 Å². The van der Waals surface area contributed by atoms with Crippen LogP contribution in [0.4, 0.5) is 5.69 Å². The van der Waals surface area contributed by atoms with E-state index >= 15 is 0 Å². The molecule has 0 bridgehead atoms. The van der Waals surface area contributed by atoms with Crippen LogP contribution in [-0.4, -0.2) is 25.5 Å². The summed E-state index contributed by atoms with van der Waals surface area (Å²) >= 11 is 0. The van der Waals surface area contributed by atoms with E-state index in [0.717, 1.165) is 12.8 Å². The molecule has 0 unspecified atom stereocenters. The smallest absolute Gasteiger partial charge is 0.255 e. The number of hydrogen-bond acceptors (Lipinski definition) is 3. The van der Waals surface area contributed by atoms with Crippen LogP contribution < -0.4 is 15.4 Å². The number of amides is 2. The monoisotopic (exact) mass is 326 g/mol. The molecule has 0 aromatic heterocycles. The lowest BCUT2D eigenvalue weighted by Crippen LogP contribution is -2.24. The summed E-state index contributed by atoms with van der Waals surface area (Å²) in [6.45, 7) is 2.73. The summed E-state index contributed by atoms with van der Waals surface area (Å²) in [7, 11) is 1.55. The molecule has 0 aliphatic rings. The fourth-order valence-electron chi connectivity index (χ4n) is 2.20. The Bertz CT molecular complexity index is 696. The second-order valence-corrected chi connectivity index (χ2v) is 5.34. The van der Waals surface area contributed by atoms with Gasteiger partial charge in [-0.15, -0.1) is 0 Å². The molecule has 5 heteroatoms. The fraction of sp³-hybridized carbons (Fsp3) is 0.263. The second kappa shape index (κ2) is 8.72. The number of benzene rings is 2. The molecule has 0 heterocycles. The third-order valence-corrected chi connectivity index (χ3v) is 3.58. The molecule has 2 rings (SSSR count). The van der Waals surface area contributed by atoms with Gasteiger partial charge >= 0.3 is 0 Å². The van der Waals surface area contributed by atoms with Gasteiger partial charge in [0.15, 0.2) is 0 Å². The van der Waals surface area contributed by atoms with Gasteiger partial charge in [0.25, 0.3) is 11.8 Å². The highest BCUT2D eigenvalue weighted by Gasteiger charge is 2.11. The molecular formula is C19H22N2O3. The number of carbonyl (C=O) groups is 2. The second-order valence-electron chi connectivity index (χ2n) is 5.34. The van der Waals surface area contributed by atoms with Crippen LogP contribution in [0.2, 0.25) is 0 Å². The third kappa shape index (κ3) is 4.59. The molecule has 2 aromatic rings. The summed E-state index contributed by atoms with van der Waals surface area (Å²) < 4.78 is 5.21. The van der Waals surface area contributed by atoms with Gasteiger partial charge in [0.05, 0.1) is 12.8 Å². The van der Waals surface area contributed by atoms with E-state index in [4.69, 9.17) is 4.74 Å². The van der Waals surface area contributed by atoms with Crippen molar-refractivity contribution in [3.63, 3.8) is 0 Å². The summed E-state index contributed by atoms with van der Waals surface area (Å²) in [5.74, 6) is 0.218. The average molecular weight is 326 g/mol. The summed E-state index contributed by atoms with van der Waals surface area (Å²) in [6, 6.07) is 13.8. The van der Waals surface area contributed by atoms with Crippen molar-refractivity contribution in [3.8, 4) is 5.75 Å². The Morgan fingerprint density at radius 3 is 2.21 bits per heavy atom. The fourth-order valence-corrected chi connectivity index (χ4v) is 2.20. The molecule has 2 aromatic carbocycles. The van der Waals surface area contributed by atoms with E-state index in [1.165, 1.54) is 0 Å². The molecule has 0 saturated heterocycles. The van der Waals surface area contributed by atoms with Crippen molar-refractivity contribution in [2.75, 3.05) is 19.0 Å². The van der Waals surface area contributed by atoms with Crippen LogP contribution in [0.5, 0.6) is 5.75 Å². The number of methoxy groups -OCH3 is 1. The van der Waals surface area contributed by atoms with Gasteiger partial charge in [-0.05, 0) is 42.8 Å². The molecular weight excluding hydrogens is 304 g/mol. The molecule has 2 N–H and O–H groups in total. The maximum atomic E-state index is 12.3. The third-order valence-electron chi connectivity index (χ3n) is 3.58. The molecule has 24 heavy (non-hydrogen) atoms. The lowest BCUT2D eigenvalue weighted by molar-refractivity contribution is 0.0951. The van der Waals surface area contributed by atoms with E-state index in [1.54, 1.807) is 43.5 Å². The van der Waals surface area contributed by atoms with Crippen LogP contribution in [0.3, 0.4) is 0 Å². The number of carbonyl (C=O) groups excluding carboxylic acids is 2. The Labute approximate surface area is 142 Å². The van der Waals surface area contributed by atoms with Crippen LogP contribution in [0.15, 0.2) is 48.5 Å². The van der Waals surface area contributed by atoms with E-state index in [9.17, 15) is 9.59 Å². The maximum Gasteiger partial charge on any atom is 0.255 e. The predicted molar refractivity (Wildman–Crippen MR) is 94.6 cm³/mol. The zero-order chi connectivity index (χ0) is 17.4. The maximum absolute atomic E-state index is 12.3. The first-order chi connectivity index (χ1) is 11.7. The standard InChI is InChI=1S/C19H22N2O3/c1-3-4-13-20-18(22)14-9-11-15(12-10-14)19(23)21-16-7-5-6-8-17(16)24-2/h5-12H,3-4,13H2,1-2H3,(H,20,22)(H,21,23). The highest BCUT2D eigenvalue weighted by atomic mass is 16.5. The number of rotatable bonds is 7. The first kappa shape index (κ1) is 17.5. The van der Waals surface area contributed by atoms with Crippen molar-refractivity contribution >= 4 is 17.5 Å². The molecule has 0 atom stereocenters. The van der Waals surface area contributed by atoms with Crippen LogP contribution in [-0.2, 0) is 0 Å². The first-order valence-electron chi connectivity index (χ1n) is 7.98. The Morgan fingerprint density at radius 1 is 0.958 bits per heavy atom. The minimum Gasteiger partial charge on any atom is -0.495 e. The number of para-hydroxylation sites is 2. The molecule has 0 saturated carbocycles. The van der Waals surface area contributed by atoms with Gasteiger partial charge in [0.2, 0.25) is 0 Å². The van der Waals surface area contributed by atoms with Crippen molar-refractivity contribution in [2.24, 2.45) is 0 Å². The first-order valence-corrected chi connectivity index (χ1v) is 7.98. The number of nitrogens with one attached hydrogen (secondary N) is 2. The lowest BCUT2D eigenvalue weighted by atomic mass is 10.1. The van der Waals surface area contributed by atoms with Gasteiger partial charge in [-0.25, -0.2) is 0 Å². The normalized spacial score (nSPS) is 10.1. The number of ether oxygens (including phenoxy) is 1. The topological polar surface area (TPSA) is 67.4 Å². The summed E-state index contributed by atoms with van der Waals surface area (Å²) in [4.78, 5) is 24.3. The molecule has 0 radical (unpaired) electrons. The zero-order valence-corrected chi connectivity index (χ0v) is 14.0. The minimum atomic E-state index is -0.252. The largest absolute Gasteiger partial charge is 0.495 e. The number of unbranched alkanes of at least 4 members (excludes halogenated alkanes) is 1. The molecule has 2 amide bonds. The summed E-state index contributed by atoms with van der Waals surface area (Å²) in [5.41, 5.74) is 1.62. The van der Waals surface area contributed by atoms with Crippen LogP contribution in [0, 0.1) is 0 Å². The summed E-state index contributed by atoms with van der Waals surface area (Å²) in [5, 5.41) is 5.65. The summed E-state index contributed by atoms with van der Waals surface area (Å²) in [6.07, 6.45) is 1.98. The van der Waals surface area contributed by atoms with Crippen LogP contribution in [0.1, 0.15) is 40.5 Å². The molecule has 0 fully saturated rings. The lowest BCUT2D eigenvalue weighted by Gasteiger charge is -2.10. The molecule has 0 aliphatic carbocycles. The van der Waals surface area contributed by atoms with Crippen LogP contribution in [0.25, 0.3) is 0 Å². The highest BCUT2D eigenvalue weighted by Crippen LogP contribution is 2.23. The predicted octanol–water partition coefficient (Wildman–Crippen LogP) is 3.48. The molecule has 0 spiro atoms. The van der Waals surface area contributed by atoms with Gasteiger partial charge < -0.3 is 15.4 Å². The quantitative estimate of drug-likeness (QED) is 0.766. The van der Waals surface area contributed by atoms with Crippen molar-refractivity contribution in [1.82, 2.24) is 5.32 Å². The van der Waals surface area contributed by atoms with E-state index in [1.807, 2.05) is 12.1 Å². The zero-order valence-electron chi connectivity index (χ0n) is 14.0. The van der Waals surface area contributed by atoms with Crippen LogP contribution >= 0.6 is 0 Å². The van der Waals surface area contributed by atoms with E-state index < -0.39 is 0 Å². The van der Waals surface area contributed by atoms with Gasteiger partial charge in [-0.2, -0.15) is 0 Å². The van der Waals surface area contributed by atoms with Crippen molar-refractivity contribution < 1.29 is 14.3 Å². The van der Waals surface area contributed by atoms with Gasteiger partial charge in [-0.3, -0.25) is 9.59 Å². The number of anilines is 1. The van der Waals surface area contributed by atoms with Gasteiger partial charge in [-0.1, -0.05) is 25.5 Å². The average Bonchev–Trinajstić information content (AvgIpc) is 2.62. The Balaban J connectivity index is 2.02. The van der Waals surface area contributed by atoms with Crippen molar-refractivity contribution in [2.45, 2.75) is 19.8 Å². The Kier molecular flexibility index (Phi) is 6.37. The highest BCUT2D eigenvalue weighted by molar-refractivity contribution is 6.05. The van der Waals surface area contributed by atoms with Crippen molar-refractivity contribution in [3.05, 3.63) is 59.7 Å². The van der Waals surface area contributed by atoms with E-state index in [2.05, 4.69) is 17.6 Å². The van der Waals surface area contributed by atoms with E-state index in [0.29, 0.717) is 29.1 Å². The Hall–Kier alpha value is -2.82. The molecule has 5 nitrogen and oxygen atoms in total. The SMILES string of the molecule is CCCCNC(=O)c1ccc(C(=O)Nc2ccccc2OC)cc1. The van der Waals surface area contributed by atoms with Gasteiger partial charge in [0.1, 0.15) is 5.75 Å². The Morgan fingerprint density at radius 2 is 1.58 bits per heavy atom. The number of hydrogen-bond donors (Lipinski definition) is 2.